The van der Waals surface area contributed by atoms with Gasteiger partial charge in [0.2, 0.25) is 0 Å². The molecule has 0 saturated heterocycles. The minimum atomic E-state index is -1.00. The third-order valence-corrected chi connectivity index (χ3v) is 3.94. The maximum Gasteiger partial charge on any atom is 0.178 e. The van der Waals surface area contributed by atoms with Gasteiger partial charge in [0.05, 0.1) is 27.1 Å². The molecule has 0 unspecified atom stereocenters. The number of nitrogens with zero attached hydrogens (tertiary/aromatic N) is 2. The summed E-state index contributed by atoms with van der Waals surface area (Å²) in [5.41, 5.74) is -0.811. The van der Waals surface area contributed by atoms with Gasteiger partial charge in [0.1, 0.15) is 18.6 Å². The molecule has 6 nitrogen and oxygen atoms in total. The zero-order valence-electron chi connectivity index (χ0n) is 16.4. The summed E-state index contributed by atoms with van der Waals surface area (Å²) < 4.78 is 20.8. The van der Waals surface area contributed by atoms with E-state index in [-0.39, 0.29) is 43.3 Å². The molecular formula is C15H24BBr2FN2O4U. The van der Waals surface area contributed by atoms with Gasteiger partial charge >= 0.3 is 0 Å². The number of halogens is 3. The number of alkyl halides is 3. The second-order valence-electron chi connectivity index (χ2n) is 4.39. The summed E-state index contributed by atoms with van der Waals surface area (Å²) in [6.45, 7) is -1.01. The van der Waals surface area contributed by atoms with Crippen molar-refractivity contribution in [1.82, 2.24) is 0 Å². The number of Topliss-reactive ketones (excluding diaryl/α,β-unsaturated/α-hetero) is 2. The van der Waals surface area contributed by atoms with Crippen LogP contribution in [0.25, 0.3) is 0 Å². The Morgan fingerprint density at radius 3 is 1.81 bits per heavy atom. The summed E-state index contributed by atoms with van der Waals surface area (Å²) in [6.07, 6.45) is 3.22. The van der Waals surface area contributed by atoms with Crippen LogP contribution in [0.15, 0.2) is 0 Å². The molecule has 1 saturated carbocycles. The molecular weight excluding hydrogens is 700 g/mol. The molecule has 0 atom stereocenters. The third kappa shape index (κ3) is 19.0. The monoisotopic (exact) mass is 724 g/mol. The van der Waals surface area contributed by atoms with Crippen LogP contribution < -0.4 is 0 Å². The van der Waals surface area contributed by atoms with Crippen LogP contribution in [0.4, 0.5) is 4.39 Å². The van der Waals surface area contributed by atoms with E-state index in [4.69, 9.17) is 23.4 Å². The largest absolute Gasteiger partial charge is 0.389 e. The predicted molar refractivity (Wildman–Crippen MR) is 103 cm³/mol. The second-order valence-corrected chi connectivity index (χ2v) is 5.98. The fraction of sp³-hybridized carbons (Fsp3) is 0.733. The van der Waals surface area contributed by atoms with Crippen LogP contribution in [0, 0.1) is 59.2 Å². The third-order valence-electron chi connectivity index (χ3n) is 2.82. The molecule has 26 heavy (non-hydrogen) atoms. The first-order valence-corrected chi connectivity index (χ1v) is 9.15. The molecule has 2 radical (unpaired) electrons. The van der Waals surface area contributed by atoms with Gasteiger partial charge in [-0.15, -0.1) is 0 Å². The minimum Gasteiger partial charge on any atom is -0.389 e. The molecule has 1 fully saturated rings. The Kier molecular flexibility index (Phi) is 32.7. The maximum atomic E-state index is 10.9. The van der Waals surface area contributed by atoms with Crippen molar-refractivity contribution in [2.75, 3.05) is 31.0 Å². The molecule has 146 valence electrons. The van der Waals surface area contributed by atoms with Crippen molar-refractivity contribution in [3.05, 3.63) is 0 Å². The molecule has 11 heteroatoms. The first kappa shape index (κ1) is 31.0. The van der Waals surface area contributed by atoms with E-state index < -0.39 is 31.6 Å². The molecule has 0 spiro atoms. The Morgan fingerprint density at radius 2 is 1.73 bits per heavy atom. The average Bonchev–Trinajstić information content (AvgIpc) is 2.65. The van der Waals surface area contributed by atoms with Crippen LogP contribution in [0.1, 0.15) is 33.5 Å². The van der Waals surface area contributed by atoms with Crippen molar-refractivity contribution in [2.45, 2.75) is 32.1 Å². The Bertz CT molecular complexity index is 453. The van der Waals surface area contributed by atoms with Crippen LogP contribution in [-0.4, -0.2) is 62.5 Å². The van der Waals surface area contributed by atoms with Gasteiger partial charge in [-0.1, -0.05) is 31.9 Å². The summed E-state index contributed by atoms with van der Waals surface area (Å²) in [6, 6.07) is 3.56. The molecule has 0 aromatic heterocycles. The molecule has 1 aliphatic rings. The average molecular weight is 726 g/mol. The van der Waals surface area contributed by atoms with Crippen LogP contribution >= 0.6 is 31.9 Å². The number of carbonyl (C=O) groups is 2. The van der Waals surface area contributed by atoms with Crippen molar-refractivity contribution < 1.29 is 56.7 Å². The SMILES string of the molecule is BrCCCBr.N#CC1(C(=O)CO)CCC1.N#CCC(=O)CO.[2H]CF.[2H][B].[U]. The fourth-order valence-corrected chi connectivity index (χ4v) is 2.64. The van der Waals surface area contributed by atoms with Gasteiger partial charge in [0.25, 0.3) is 0 Å². The molecule has 1 rings (SSSR count). The van der Waals surface area contributed by atoms with Gasteiger partial charge < -0.3 is 10.2 Å². The first-order valence-electron chi connectivity index (χ1n) is 8.20. The Labute approximate surface area is 199 Å². The van der Waals surface area contributed by atoms with E-state index in [1.165, 1.54) is 6.42 Å². The minimum absolute atomic E-state index is 0. The Hall–Kier alpha value is 0.247. The predicted octanol–water partition coefficient (Wildman–Crippen LogP) is 1.81. The molecule has 2 N–H and O–H groups in total. The topological polar surface area (TPSA) is 122 Å². The number of hydrogen-bond acceptors (Lipinski definition) is 6. The van der Waals surface area contributed by atoms with Crippen molar-refractivity contribution in [3.63, 3.8) is 0 Å². The van der Waals surface area contributed by atoms with Gasteiger partial charge in [0.15, 0.2) is 11.6 Å². The number of aliphatic hydroxyl groups is 2. The number of nitriles is 2. The van der Waals surface area contributed by atoms with Gasteiger partial charge in [-0.05, 0) is 27.0 Å². The summed E-state index contributed by atoms with van der Waals surface area (Å²) >= 11 is 6.56. The fourth-order valence-electron chi connectivity index (χ4n) is 1.33. The molecule has 0 aromatic carbocycles. The quantitative estimate of drug-likeness (QED) is 0.319. The van der Waals surface area contributed by atoms with E-state index in [1.54, 1.807) is 6.07 Å². The van der Waals surface area contributed by atoms with Crippen molar-refractivity contribution in [2.24, 2.45) is 5.41 Å². The molecule has 0 aliphatic heterocycles. The van der Waals surface area contributed by atoms with E-state index in [1.807, 2.05) is 6.07 Å². The molecule has 0 amide bonds. The zero-order valence-corrected chi connectivity index (χ0v) is 21.7. The summed E-state index contributed by atoms with van der Waals surface area (Å²) in [5, 5.41) is 35.0. The summed E-state index contributed by atoms with van der Waals surface area (Å²) in [5.74, 6) is -0.747. The smallest absolute Gasteiger partial charge is 0.178 e. The van der Waals surface area contributed by atoms with E-state index in [0.29, 0.717) is 12.8 Å². The van der Waals surface area contributed by atoms with Crippen molar-refractivity contribution in [3.8, 4) is 12.1 Å². The van der Waals surface area contributed by atoms with E-state index in [9.17, 15) is 14.0 Å². The van der Waals surface area contributed by atoms with E-state index in [2.05, 4.69) is 40.2 Å². The number of hydrogen-bond donors (Lipinski definition) is 2. The number of carbonyl (C=O) groups excluding carboxylic acids is 2. The van der Waals surface area contributed by atoms with Crippen LogP contribution in [0.3, 0.4) is 0 Å². The normalized spacial score (nSPS) is 12.6. The second kappa shape index (κ2) is 27.5. The van der Waals surface area contributed by atoms with Gasteiger partial charge in [0, 0.05) is 50.1 Å². The maximum absolute atomic E-state index is 10.9. The standard InChI is InChI=1S/C7H9NO2.C4H5NO2.C3H6Br2.CH3F.BH.U/c8-5-7(2-1-3-7)6(10)4-9;5-2-1-4(7)3-6;4-2-1-3-5;1-2;;/h9H,1-4H2;6H,1,3H2;1-3H2;1H3;1H;/i;;;2*1D;. The van der Waals surface area contributed by atoms with Crippen LogP contribution in [-0.2, 0) is 9.59 Å². The van der Waals surface area contributed by atoms with E-state index >= 15 is 0 Å². The first-order chi connectivity index (χ1) is 12.9. The Balaban J connectivity index is -0.0000000869. The van der Waals surface area contributed by atoms with Crippen molar-refractivity contribution in [1.29, 1.82) is 11.9 Å². The zero-order chi connectivity index (χ0) is 22.1. The summed E-state index contributed by atoms with van der Waals surface area (Å²) in [7, 11) is 2.75. The van der Waals surface area contributed by atoms with Gasteiger partial charge in [-0.3, -0.25) is 14.0 Å². The molecule has 0 heterocycles. The molecule has 1 aliphatic carbocycles. The summed E-state index contributed by atoms with van der Waals surface area (Å²) in [4.78, 5) is 20.8. The number of rotatable bonds is 6. The molecule has 0 bridgehead atoms. The van der Waals surface area contributed by atoms with Gasteiger partial charge in [-0.2, -0.15) is 10.5 Å². The van der Waals surface area contributed by atoms with Gasteiger partial charge in [-0.25, -0.2) is 0 Å². The molecule has 0 aromatic rings. The number of aliphatic hydroxyl groups excluding tert-OH is 2. The van der Waals surface area contributed by atoms with Crippen molar-refractivity contribution >= 4 is 51.8 Å². The van der Waals surface area contributed by atoms with Crippen LogP contribution in [0.5, 0.6) is 0 Å². The van der Waals surface area contributed by atoms with E-state index in [0.717, 1.165) is 17.1 Å². The Morgan fingerprint density at radius 1 is 1.27 bits per heavy atom. The number of ketones is 2. The van der Waals surface area contributed by atoms with Crippen LogP contribution in [0.2, 0.25) is 0 Å².